The van der Waals surface area contributed by atoms with Gasteiger partial charge in [-0.25, -0.2) is 0 Å². The number of benzene rings is 4. The Hall–Kier alpha value is -4.07. The van der Waals surface area contributed by atoms with Crippen LogP contribution in [0, 0.1) is 18.3 Å². The first kappa shape index (κ1) is 22.1. The predicted octanol–water partition coefficient (Wildman–Crippen LogP) is 6.93. The number of halogens is 1. The molecule has 0 aliphatic rings. The summed E-state index contributed by atoms with van der Waals surface area (Å²) in [4.78, 5) is 12.6. The molecule has 1 amide bonds. The van der Waals surface area contributed by atoms with Gasteiger partial charge in [-0.15, -0.1) is 0 Å². The van der Waals surface area contributed by atoms with Gasteiger partial charge in [-0.05, 0) is 70.8 Å². The van der Waals surface area contributed by atoms with Gasteiger partial charge >= 0.3 is 0 Å². The molecule has 0 aromatic heterocycles. The smallest absolute Gasteiger partial charge is 0.266 e. The fourth-order valence-electron chi connectivity index (χ4n) is 3.39. The van der Waals surface area contributed by atoms with E-state index in [2.05, 4.69) is 35.6 Å². The standard InChI is InChI=1S/C28H21ClN2O2/c1-19-6-11-25(29)16-27(19)31-28(32)24(17-30)14-20-8-12-26(13-9-20)33-18-21-7-10-22-4-2-3-5-23(22)15-21/h2-16H,18H2,1H3,(H,31,32)/b24-14+. The molecule has 0 saturated carbocycles. The number of fused-ring (bicyclic) bond motifs is 1. The fourth-order valence-corrected chi connectivity index (χ4v) is 3.56. The summed E-state index contributed by atoms with van der Waals surface area (Å²) in [5.41, 5.74) is 3.24. The minimum atomic E-state index is -0.487. The number of amides is 1. The van der Waals surface area contributed by atoms with Crippen LogP contribution in [0.4, 0.5) is 5.69 Å². The number of hydrogen-bond donors (Lipinski definition) is 1. The molecule has 0 fully saturated rings. The molecular formula is C28H21ClN2O2. The van der Waals surface area contributed by atoms with Crippen LogP contribution >= 0.6 is 11.6 Å². The number of aryl methyl sites for hydroxylation is 1. The lowest BCUT2D eigenvalue weighted by Crippen LogP contribution is -2.14. The van der Waals surface area contributed by atoms with Crippen LogP contribution in [0.15, 0.2) is 90.5 Å². The van der Waals surface area contributed by atoms with Crippen molar-refractivity contribution in [3.8, 4) is 11.8 Å². The van der Waals surface area contributed by atoms with E-state index >= 15 is 0 Å². The van der Waals surface area contributed by atoms with Crippen molar-refractivity contribution < 1.29 is 9.53 Å². The minimum Gasteiger partial charge on any atom is -0.489 e. The second kappa shape index (κ2) is 10.0. The van der Waals surface area contributed by atoms with Gasteiger partial charge in [0.2, 0.25) is 0 Å². The normalized spacial score (nSPS) is 11.1. The molecule has 0 bridgehead atoms. The summed E-state index contributed by atoms with van der Waals surface area (Å²) >= 11 is 6.01. The lowest BCUT2D eigenvalue weighted by molar-refractivity contribution is -0.112. The number of nitrogens with one attached hydrogen (secondary N) is 1. The molecule has 4 aromatic carbocycles. The second-order valence-electron chi connectivity index (χ2n) is 7.62. The van der Waals surface area contributed by atoms with E-state index in [1.54, 1.807) is 18.2 Å². The van der Waals surface area contributed by atoms with Crippen molar-refractivity contribution in [3.63, 3.8) is 0 Å². The van der Waals surface area contributed by atoms with Crippen molar-refractivity contribution in [2.75, 3.05) is 5.32 Å². The van der Waals surface area contributed by atoms with E-state index in [-0.39, 0.29) is 5.57 Å². The van der Waals surface area contributed by atoms with Crippen LogP contribution < -0.4 is 10.1 Å². The molecular weight excluding hydrogens is 432 g/mol. The number of anilines is 1. The molecule has 0 heterocycles. The van der Waals surface area contributed by atoms with E-state index in [4.69, 9.17) is 16.3 Å². The maximum absolute atomic E-state index is 12.6. The second-order valence-corrected chi connectivity index (χ2v) is 8.06. The molecule has 162 valence electrons. The molecule has 4 rings (SSSR count). The number of carbonyl (C=O) groups is 1. The highest BCUT2D eigenvalue weighted by Gasteiger charge is 2.11. The summed E-state index contributed by atoms with van der Waals surface area (Å²) in [5.74, 6) is 0.220. The van der Waals surface area contributed by atoms with Gasteiger partial charge in [0.1, 0.15) is 24.0 Å². The summed E-state index contributed by atoms with van der Waals surface area (Å²) in [6.07, 6.45) is 1.54. The first-order valence-corrected chi connectivity index (χ1v) is 10.8. The van der Waals surface area contributed by atoms with E-state index in [0.29, 0.717) is 23.1 Å². The molecule has 0 radical (unpaired) electrons. The first-order valence-electron chi connectivity index (χ1n) is 10.4. The molecule has 33 heavy (non-hydrogen) atoms. The lowest BCUT2D eigenvalue weighted by atomic mass is 10.1. The monoisotopic (exact) mass is 452 g/mol. The Balaban J connectivity index is 1.42. The molecule has 0 spiro atoms. The number of ether oxygens (including phenoxy) is 1. The molecule has 0 unspecified atom stereocenters. The Morgan fingerprint density at radius 1 is 1.00 bits per heavy atom. The van der Waals surface area contributed by atoms with Crippen molar-refractivity contribution in [2.45, 2.75) is 13.5 Å². The Morgan fingerprint density at radius 2 is 1.76 bits per heavy atom. The van der Waals surface area contributed by atoms with Gasteiger partial charge in [-0.1, -0.05) is 66.2 Å². The Morgan fingerprint density at radius 3 is 2.52 bits per heavy atom. The van der Waals surface area contributed by atoms with Gasteiger partial charge in [-0.2, -0.15) is 5.26 Å². The Bertz CT molecular complexity index is 1390. The Kier molecular flexibility index (Phi) is 6.73. The lowest BCUT2D eigenvalue weighted by Gasteiger charge is -2.09. The number of hydrogen-bond acceptors (Lipinski definition) is 3. The highest BCUT2D eigenvalue weighted by atomic mass is 35.5. The van der Waals surface area contributed by atoms with Gasteiger partial charge in [0.25, 0.3) is 5.91 Å². The summed E-state index contributed by atoms with van der Waals surface area (Å²) in [5, 5.41) is 15.1. The SMILES string of the molecule is Cc1ccc(Cl)cc1NC(=O)/C(C#N)=C/c1ccc(OCc2ccc3ccccc3c2)cc1. The average Bonchev–Trinajstić information content (AvgIpc) is 2.84. The summed E-state index contributed by atoms with van der Waals surface area (Å²) in [7, 11) is 0. The molecule has 0 aliphatic carbocycles. The maximum Gasteiger partial charge on any atom is 0.266 e. The van der Waals surface area contributed by atoms with Crippen LogP contribution in [0.2, 0.25) is 5.02 Å². The number of carbonyl (C=O) groups excluding carboxylic acids is 1. The largest absolute Gasteiger partial charge is 0.489 e. The number of rotatable bonds is 6. The van der Waals surface area contributed by atoms with E-state index in [0.717, 1.165) is 16.7 Å². The highest BCUT2D eigenvalue weighted by molar-refractivity contribution is 6.31. The van der Waals surface area contributed by atoms with Crippen LogP contribution in [-0.2, 0) is 11.4 Å². The van der Waals surface area contributed by atoms with Gasteiger partial charge < -0.3 is 10.1 Å². The third-order valence-electron chi connectivity index (χ3n) is 5.22. The third-order valence-corrected chi connectivity index (χ3v) is 5.46. The zero-order chi connectivity index (χ0) is 23.2. The first-order chi connectivity index (χ1) is 16.0. The van der Waals surface area contributed by atoms with E-state index in [1.165, 1.54) is 10.8 Å². The number of nitrogens with zero attached hydrogens (tertiary/aromatic N) is 1. The molecule has 5 heteroatoms. The molecule has 1 N–H and O–H groups in total. The van der Waals surface area contributed by atoms with Crippen LogP contribution in [0.1, 0.15) is 16.7 Å². The zero-order valence-electron chi connectivity index (χ0n) is 18.0. The molecule has 0 atom stereocenters. The topological polar surface area (TPSA) is 62.1 Å². The van der Waals surface area contributed by atoms with Crippen molar-refractivity contribution in [3.05, 3.63) is 112 Å². The van der Waals surface area contributed by atoms with Crippen molar-refractivity contribution in [1.82, 2.24) is 0 Å². The number of nitriles is 1. The third kappa shape index (κ3) is 5.60. The van der Waals surface area contributed by atoms with Crippen molar-refractivity contribution in [1.29, 1.82) is 5.26 Å². The minimum absolute atomic E-state index is 0.000734. The summed E-state index contributed by atoms with van der Waals surface area (Å²) in [6.45, 7) is 2.31. The van der Waals surface area contributed by atoms with E-state index in [1.807, 2.05) is 55.5 Å². The van der Waals surface area contributed by atoms with Crippen LogP contribution in [-0.4, -0.2) is 5.91 Å². The van der Waals surface area contributed by atoms with E-state index < -0.39 is 5.91 Å². The van der Waals surface area contributed by atoms with Crippen LogP contribution in [0.25, 0.3) is 16.8 Å². The van der Waals surface area contributed by atoms with Gasteiger partial charge in [0.15, 0.2) is 0 Å². The molecule has 4 aromatic rings. The molecule has 0 aliphatic heterocycles. The Labute approximate surface area is 197 Å². The molecule has 4 nitrogen and oxygen atoms in total. The maximum atomic E-state index is 12.6. The van der Waals surface area contributed by atoms with Gasteiger partial charge in [0.05, 0.1) is 0 Å². The van der Waals surface area contributed by atoms with Crippen LogP contribution in [0.5, 0.6) is 5.75 Å². The fraction of sp³-hybridized carbons (Fsp3) is 0.0714. The van der Waals surface area contributed by atoms with Crippen LogP contribution in [0.3, 0.4) is 0 Å². The molecule has 0 saturated heterocycles. The van der Waals surface area contributed by atoms with Crippen molar-refractivity contribution in [2.24, 2.45) is 0 Å². The predicted molar refractivity (Wildman–Crippen MR) is 133 cm³/mol. The van der Waals surface area contributed by atoms with E-state index in [9.17, 15) is 10.1 Å². The summed E-state index contributed by atoms with van der Waals surface area (Å²) < 4.78 is 5.90. The highest BCUT2D eigenvalue weighted by Crippen LogP contribution is 2.22. The quantitative estimate of drug-likeness (QED) is 0.255. The zero-order valence-corrected chi connectivity index (χ0v) is 18.8. The average molecular weight is 453 g/mol. The van der Waals surface area contributed by atoms with Gasteiger partial charge in [-0.3, -0.25) is 4.79 Å². The van der Waals surface area contributed by atoms with Crippen molar-refractivity contribution >= 4 is 40.0 Å². The summed E-state index contributed by atoms with van der Waals surface area (Å²) in [6, 6.07) is 28.9. The van der Waals surface area contributed by atoms with Gasteiger partial charge in [0, 0.05) is 10.7 Å².